The number of para-hydroxylation sites is 4. The van der Waals surface area contributed by atoms with Crippen LogP contribution in [0.3, 0.4) is 0 Å². The van der Waals surface area contributed by atoms with Crippen LogP contribution >= 0.6 is 0 Å². The molecule has 2 aliphatic heterocycles. The van der Waals surface area contributed by atoms with Gasteiger partial charge in [-0.2, -0.15) is 10.5 Å². The molecule has 17 aromatic carbocycles. The van der Waals surface area contributed by atoms with Crippen LogP contribution in [0.15, 0.2) is 388 Å². The summed E-state index contributed by atoms with van der Waals surface area (Å²) in [6.45, 7) is 6.67. The number of anilines is 6. The van der Waals surface area contributed by atoms with Crippen LogP contribution in [-0.2, 0) is 5.41 Å². The van der Waals surface area contributed by atoms with Gasteiger partial charge in [0.15, 0.2) is 0 Å². The summed E-state index contributed by atoms with van der Waals surface area (Å²) in [5.74, 6) is 0. The number of nitrogens with zero attached hydrogens (tertiary/aromatic N) is 6. The minimum atomic E-state index is -0.462. The molecule has 0 radical (unpaired) electrons. The van der Waals surface area contributed by atoms with Crippen LogP contribution in [0.5, 0.6) is 0 Å². The number of benzene rings is 17. The maximum atomic E-state index is 11.1. The number of hydrogen-bond donors (Lipinski definition) is 0. The van der Waals surface area contributed by atoms with Crippen molar-refractivity contribution in [2.45, 2.75) is 26.2 Å². The Morgan fingerprint density at radius 3 is 0.887 bits per heavy atom. The lowest BCUT2D eigenvalue weighted by atomic mass is 9.33. The first kappa shape index (κ1) is 68.0. The average molecular weight is 1470 g/mol. The molecular formula is C108H73BN6. The Labute approximate surface area is 669 Å². The standard InChI is InChI=1S/C108H73BN6/c1-108(2,3)84-64-103-105-104(65-84)115(107-92(79-41-25-29-71(57-79)69-111)61-83(75-36-14-7-15-37-75)63-94(107)81-43-27-39-77(59-81)73-32-10-5-11-33-73)102-67-86(113-99-50-22-18-46-89(99)90-47-19-23-51-100(90)113)53-55-96(102)109(105)95-54-52-85(112-97-48-20-16-44-87(97)88-45-17-21-49-98(88)112)66-101(95)114(103)106-91(78-40-24-28-70(56-78)68-110)60-82(74-34-12-6-13-35-74)62-93(106)80-42-26-38-76(58-80)72-30-8-4-9-31-72/h4-67H,1-3H3. The minimum Gasteiger partial charge on any atom is -0.310 e. The molecule has 0 spiro atoms. The van der Waals surface area contributed by atoms with Crippen molar-refractivity contribution in [2.75, 3.05) is 9.80 Å². The summed E-state index contributed by atoms with van der Waals surface area (Å²) in [5, 5.41) is 26.9. The second-order valence-corrected chi connectivity index (χ2v) is 31.4. The summed E-state index contributed by atoms with van der Waals surface area (Å²) in [6, 6.07) is 147. The second kappa shape index (κ2) is 27.5. The van der Waals surface area contributed by atoms with Gasteiger partial charge in [0.1, 0.15) is 0 Å². The SMILES string of the molecule is CC(C)(C)c1cc2c3c(c1)N(c1c(-c4cccc(C#N)c4)cc(-c4ccccc4)cc1-c1cccc(-c4ccccc4)c1)c1cc(-n4c5ccccc5c5ccccc54)ccc1B3c1ccc(-n3c4ccccc4c4ccccc43)cc1N2c1c(-c2cccc(C#N)c2)cc(-c2ccccc2)cc1-c1cccc(-c2ccccc2)c1. The molecule has 2 aliphatic rings. The third-order valence-electron chi connectivity index (χ3n) is 23.6. The van der Waals surface area contributed by atoms with E-state index < -0.39 is 5.41 Å². The van der Waals surface area contributed by atoms with Gasteiger partial charge in [-0.1, -0.05) is 288 Å². The van der Waals surface area contributed by atoms with E-state index in [2.05, 4.69) is 416 Å². The predicted octanol–water partition coefficient (Wildman–Crippen LogP) is 26.3. The summed E-state index contributed by atoms with van der Waals surface area (Å²) in [7, 11) is 0. The summed E-state index contributed by atoms with van der Waals surface area (Å²) < 4.78 is 4.92. The van der Waals surface area contributed by atoms with E-state index in [4.69, 9.17) is 0 Å². The third-order valence-corrected chi connectivity index (χ3v) is 23.6. The van der Waals surface area contributed by atoms with Crippen molar-refractivity contribution in [3.8, 4) is 113 Å². The number of nitriles is 2. The van der Waals surface area contributed by atoms with Crippen molar-refractivity contribution >= 4 is 101 Å². The molecule has 0 saturated heterocycles. The largest absolute Gasteiger partial charge is 0.310 e. The molecule has 21 rings (SSSR count). The molecule has 0 fully saturated rings. The molecule has 0 N–H and O–H groups in total. The average Bonchev–Trinajstić information content (AvgIpc) is 0.988. The first-order valence-corrected chi connectivity index (χ1v) is 39.4. The van der Waals surface area contributed by atoms with Gasteiger partial charge in [0.2, 0.25) is 0 Å². The van der Waals surface area contributed by atoms with Gasteiger partial charge in [0.05, 0.1) is 56.7 Å². The normalized spacial score (nSPS) is 12.2. The molecule has 0 saturated carbocycles. The van der Waals surface area contributed by atoms with E-state index >= 15 is 0 Å². The smallest absolute Gasteiger partial charge is 0.252 e. The molecule has 538 valence electrons. The Balaban J connectivity index is 0.957. The summed E-state index contributed by atoms with van der Waals surface area (Å²) in [4.78, 5) is 5.28. The summed E-state index contributed by atoms with van der Waals surface area (Å²) >= 11 is 0. The lowest BCUT2D eigenvalue weighted by Gasteiger charge is -2.46. The highest BCUT2D eigenvalue weighted by molar-refractivity contribution is 7.00. The van der Waals surface area contributed by atoms with E-state index in [9.17, 15) is 10.5 Å². The minimum absolute atomic E-state index is 0.381. The molecule has 115 heavy (non-hydrogen) atoms. The highest BCUT2D eigenvalue weighted by Crippen LogP contribution is 2.56. The first-order chi connectivity index (χ1) is 56.6. The van der Waals surface area contributed by atoms with Crippen LogP contribution in [0.1, 0.15) is 37.5 Å². The van der Waals surface area contributed by atoms with Crippen molar-refractivity contribution in [1.29, 1.82) is 10.5 Å². The molecule has 6 nitrogen and oxygen atoms in total. The van der Waals surface area contributed by atoms with Crippen LogP contribution in [0.2, 0.25) is 0 Å². The second-order valence-electron chi connectivity index (χ2n) is 31.4. The van der Waals surface area contributed by atoms with Gasteiger partial charge in [0.25, 0.3) is 6.71 Å². The zero-order valence-electron chi connectivity index (χ0n) is 63.7. The summed E-state index contributed by atoms with van der Waals surface area (Å²) in [5.41, 5.74) is 34.1. The fraction of sp³-hybridized carbons (Fsp3) is 0.0370. The lowest BCUT2D eigenvalue weighted by Crippen LogP contribution is -2.61. The van der Waals surface area contributed by atoms with Gasteiger partial charge < -0.3 is 18.9 Å². The Morgan fingerprint density at radius 1 is 0.252 bits per heavy atom. The zero-order chi connectivity index (χ0) is 77.0. The third kappa shape index (κ3) is 11.5. The number of aromatic nitrogens is 2. The molecule has 0 unspecified atom stereocenters. The quantitative estimate of drug-likeness (QED) is 0.114. The van der Waals surface area contributed by atoms with E-state index in [1.165, 1.54) is 21.5 Å². The van der Waals surface area contributed by atoms with E-state index in [-0.39, 0.29) is 6.71 Å². The molecule has 0 aliphatic carbocycles. The first-order valence-electron chi connectivity index (χ1n) is 39.4. The zero-order valence-corrected chi connectivity index (χ0v) is 63.7. The van der Waals surface area contributed by atoms with Gasteiger partial charge >= 0.3 is 0 Å². The number of rotatable bonds is 12. The molecule has 2 aromatic heterocycles. The fourth-order valence-electron chi connectivity index (χ4n) is 18.3. The van der Waals surface area contributed by atoms with Crippen LogP contribution in [0, 0.1) is 22.7 Å². The molecular weight excluding hydrogens is 1390 g/mol. The molecule has 4 heterocycles. The maximum Gasteiger partial charge on any atom is 0.252 e. The van der Waals surface area contributed by atoms with Crippen molar-refractivity contribution in [3.05, 3.63) is 405 Å². The number of hydrogen-bond acceptors (Lipinski definition) is 4. The fourth-order valence-corrected chi connectivity index (χ4v) is 18.3. The van der Waals surface area contributed by atoms with E-state index in [1.54, 1.807) is 0 Å². The van der Waals surface area contributed by atoms with Gasteiger partial charge in [0, 0.05) is 77.9 Å². The van der Waals surface area contributed by atoms with Gasteiger partial charge in [-0.25, -0.2) is 0 Å². The predicted molar refractivity (Wildman–Crippen MR) is 481 cm³/mol. The van der Waals surface area contributed by atoms with Crippen molar-refractivity contribution in [3.63, 3.8) is 0 Å². The Hall–Kier alpha value is -15.0. The van der Waals surface area contributed by atoms with E-state index in [0.29, 0.717) is 11.1 Å². The van der Waals surface area contributed by atoms with Crippen molar-refractivity contribution in [1.82, 2.24) is 9.13 Å². The Kier molecular flexibility index (Phi) is 16.3. The molecule has 7 heteroatoms. The summed E-state index contributed by atoms with van der Waals surface area (Å²) in [6.07, 6.45) is 0. The monoisotopic (exact) mass is 1460 g/mol. The molecule has 0 bridgehead atoms. The maximum absolute atomic E-state index is 11.1. The van der Waals surface area contributed by atoms with Crippen LogP contribution in [0.25, 0.3) is 144 Å². The number of fused-ring (bicyclic) bond motifs is 10. The highest BCUT2D eigenvalue weighted by atomic mass is 15.2. The molecule has 0 amide bonds. The van der Waals surface area contributed by atoms with Crippen LogP contribution < -0.4 is 26.2 Å². The van der Waals surface area contributed by atoms with Crippen molar-refractivity contribution < 1.29 is 0 Å². The molecule has 0 atom stereocenters. The van der Waals surface area contributed by atoms with E-state index in [0.717, 1.165) is 179 Å². The van der Waals surface area contributed by atoms with E-state index in [1.807, 2.05) is 24.3 Å². The topological polar surface area (TPSA) is 63.9 Å². The van der Waals surface area contributed by atoms with Crippen LogP contribution in [-0.4, -0.2) is 15.8 Å². The highest BCUT2D eigenvalue weighted by Gasteiger charge is 2.47. The Morgan fingerprint density at radius 2 is 0.548 bits per heavy atom. The molecule has 19 aromatic rings. The van der Waals surface area contributed by atoms with Crippen LogP contribution in [0.4, 0.5) is 34.1 Å². The van der Waals surface area contributed by atoms with Crippen molar-refractivity contribution in [2.24, 2.45) is 0 Å². The Bertz CT molecular complexity index is 6710. The van der Waals surface area contributed by atoms with Gasteiger partial charge in [-0.15, -0.1) is 0 Å². The van der Waals surface area contributed by atoms with Gasteiger partial charge in [-0.3, -0.25) is 0 Å². The van der Waals surface area contributed by atoms with Gasteiger partial charge in [-0.05, 0) is 215 Å². The lowest BCUT2D eigenvalue weighted by molar-refractivity contribution is 0.590.